The van der Waals surface area contributed by atoms with Gasteiger partial charge in [0.1, 0.15) is 0 Å². The molecule has 0 fully saturated rings. The highest BCUT2D eigenvalue weighted by molar-refractivity contribution is 5.63. The molecule has 0 aliphatic heterocycles. The number of hydrogen-bond acceptors (Lipinski definition) is 7. The first-order valence-corrected chi connectivity index (χ1v) is 16.5. The standard InChI is InChI=1S/C36H48N2O7/c1-3-5-11-35-13-9-25(23-35)27-29(35)33(41)37(31(27)39)15-7-17-43-19-21-45-22-20-44-18-8-16-38-32(40)28-26-10-14-36(24-26,12-6-4-2)30(28)34(38)42/h3-4,9-10,13-14,25-26,39-42H,1-2,5-8,11-12,15-24H2. The summed E-state index contributed by atoms with van der Waals surface area (Å²) in [5.74, 6) is 1.08. The summed E-state index contributed by atoms with van der Waals surface area (Å²) < 4.78 is 20.3. The van der Waals surface area contributed by atoms with Gasteiger partial charge in [-0.05, 0) is 51.4 Å². The maximum Gasteiger partial charge on any atom is 0.198 e. The summed E-state index contributed by atoms with van der Waals surface area (Å²) in [6, 6.07) is 0. The van der Waals surface area contributed by atoms with Crippen molar-refractivity contribution in [3.05, 3.63) is 71.9 Å². The van der Waals surface area contributed by atoms with E-state index in [0.717, 1.165) is 60.8 Å². The Morgan fingerprint density at radius 2 is 1.04 bits per heavy atom. The molecule has 4 atom stereocenters. The number of aromatic hydroxyl groups is 4. The predicted octanol–water partition coefficient (Wildman–Crippen LogP) is 6.16. The quantitative estimate of drug-likeness (QED) is 0.103. The van der Waals surface area contributed by atoms with Crippen molar-refractivity contribution in [3.63, 3.8) is 0 Å². The van der Waals surface area contributed by atoms with Crippen LogP contribution in [0.5, 0.6) is 23.5 Å². The second-order valence-corrected chi connectivity index (χ2v) is 13.0. The van der Waals surface area contributed by atoms with Crippen LogP contribution in [0.3, 0.4) is 0 Å². The lowest BCUT2D eigenvalue weighted by Crippen LogP contribution is -2.18. The van der Waals surface area contributed by atoms with Gasteiger partial charge in [0.25, 0.3) is 0 Å². The average Bonchev–Trinajstić information content (AvgIpc) is 3.87. The van der Waals surface area contributed by atoms with Gasteiger partial charge in [0.05, 0.1) is 26.4 Å². The van der Waals surface area contributed by atoms with Crippen LogP contribution >= 0.6 is 0 Å². The van der Waals surface area contributed by atoms with Crippen LogP contribution in [0.4, 0.5) is 0 Å². The summed E-state index contributed by atoms with van der Waals surface area (Å²) >= 11 is 0. The summed E-state index contributed by atoms with van der Waals surface area (Å²) in [5.41, 5.74) is 3.17. The van der Waals surface area contributed by atoms with Crippen molar-refractivity contribution in [1.29, 1.82) is 0 Å². The lowest BCUT2D eigenvalue weighted by molar-refractivity contribution is 0.0127. The van der Waals surface area contributed by atoms with Crippen LogP contribution in [0, 0.1) is 0 Å². The molecule has 4 unspecified atom stereocenters. The zero-order chi connectivity index (χ0) is 31.6. The molecule has 2 aromatic heterocycles. The van der Waals surface area contributed by atoms with Gasteiger partial charge in [-0.2, -0.15) is 0 Å². The highest BCUT2D eigenvalue weighted by Gasteiger charge is 2.51. The molecule has 0 spiro atoms. The molecular formula is C36H48N2O7. The molecule has 6 rings (SSSR count). The minimum atomic E-state index is -0.195. The Hall–Kier alpha value is -3.40. The number of hydrogen-bond donors (Lipinski definition) is 4. The van der Waals surface area contributed by atoms with Gasteiger partial charge in [-0.15, -0.1) is 13.2 Å². The van der Waals surface area contributed by atoms with E-state index in [1.165, 1.54) is 0 Å². The van der Waals surface area contributed by atoms with Gasteiger partial charge in [-0.25, -0.2) is 0 Å². The smallest absolute Gasteiger partial charge is 0.198 e. The normalized spacial score (nSPS) is 25.0. The Kier molecular flexibility index (Phi) is 9.22. The lowest BCUT2D eigenvalue weighted by atomic mass is 9.79. The van der Waals surface area contributed by atoms with Crippen molar-refractivity contribution in [2.24, 2.45) is 0 Å². The Balaban J connectivity index is 0.836. The predicted molar refractivity (Wildman–Crippen MR) is 172 cm³/mol. The second-order valence-electron chi connectivity index (χ2n) is 13.0. The topological polar surface area (TPSA) is 118 Å². The van der Waals surface area contributed by atoms with Crippen molar-refractivity contribution in [1.82, 2.24) is 9.13 Å². The maximum atomic E-state index is 11.0. The van der Waals surface area contributed by atoms with Crippen molar-refractivity contribution in [2.45, 2.75) is 87.1 Å². The zero-order valence-electron chi connectivity index (χ0n) is 26.3. The molecule has 45 heavy (non-hydrogen) atoms. The molecule has 2 heterocycles. The number of rotatable bonds is 20. The highest BCUT2D eigenvalue weighted by atomic mass is 16.5. The molecule has 4 N–H and O–H groups in total. The first-order valence-electron chi connectivity index (χ1n) is 16.5. The molecule has 244 valence electrons. The van der Waals surface area contributed by atoms with E-state index in [9.17, 15) is 20.4 Å². The van der Waals surface area contributed by atoms with E-state index in [1.807, 2.05) is 12.2 Å². The lowest BCUT2D eigenvalue weighted by Gasteiger charge is -2.24. The summed E-state index contributed by atoms with van der Waals surface area (Å²) in [4.78, 5) is 0. The first-order chi connectivity index (χ1) is 21.9. The minimum absolute atomic E-state index is 0.171. The van der Waals surface area contributed by atoms with Crippen LogP contribution in [0.2, 0.25) is 0 Å². The molecular weight excluding hydrogens is 572 g/mol. The Bertz CT molecular complexity index is 1360. The Morgan fingerprint density at radius 3 is 1.44 bits per heavy atom. The Labute approximate surface area is 265 Å². The number of allylic oxidation sites excluding steroid dienone is 6. The van der Waals surface area contributed by atoms with Crippen LogP contribution in [-0.4, -0.2) is 69.2 Å². The SMILES string of the molecule is C=CCCC12C=CC(C1)c1c2c(O)n(CCCOCCOCCOCCCn2c(O)c3c(c2O)C2(CCC=C)C=CC3C2)c1O. The minimum Gasteiger partial charge on any atom is -0.494 e. The van der Waals surface area contributed by atoms with Gasteiger partial charge in [-0.1, -0.05) is 36.5 Å². The number of ether oxygens (including phenoxy) is 3. The van der Waals surface area contributed by atoms with E-state index in [1.54, 1.807) is 9.13 Å². The van der Waals surface area contributed by atoms with Crippen molar-refractivity contribution < 1.29 is 34.6 Å². The molecule has 4 aliphatic rings. The average molecular weight is 621 g/mol. The Morgan fingerprint density at radius 1 is 0.644 bits per heavy atom. The third-order valence-electron chi connectivity index (χ3n) is 10.4. The van der Waals surface area contributed by atoms with Crippen molar-refractivity contribution in [3.8, 4) is 23.5 Å². The largest absolute Gasteiger partial charge is 0.494 e. The van der Waals surface area contributed by atoms with E-state index in [0.29, 0.717) is 65.6 Å². The fourth-order valence-corrected chi connectivity index (χ4v) is 8.29. The van der Waals surface area contributed by atoms with Gasteiger partial charge in [0, 0.05) is 71.2 Å². The van der Waals surface area contributed by atoms with Gasteiger partial charge in [-0.3, -0.25) is 9.13 Å². The van der Waals surface area contributed by atoms with E-state index in [4.69, 9.17) is 14.2 Å². The van der Waals surface area contributed by atoms with E-state index in [-0.39, 0.29) is 46.2 Å². The van der Waals surface area contributed by atoms with Crippen LogP contribution in [0.1, 0.15) is 85.5 Å². The first kappa shape index (κ1) is 31.6. The number of nitrogens with zero attached hydrogens (tertiary/aromatic N) is 2. The molecule has 4 bridgehead atoms. The van der Waals surface area contributed by atoms with Crippen LogP contribution in [-0.2, 0) is 38.1 Å². The molecule has 2 aromatic rings. The highest BCUT2D eigenvalue weighted by Crippen LogP contribution is 2.62. The third-order valence-corrected chi connectivity index (χ3v) is 10.4. The van der Waals surface area contributed by atoms with Crippen molar-refractivity contribution in [2.75, 3.05) is 39.6 Å². The van der Waals surface area contributed by atoms with Crippen LogP contribution in [0.25, 0.3) is 0 Å². The van der Waals surface area contributed by atoms with E-state index >= 15 is 0 Å². The summed E-state index contributed by atoms with van der Waals surface area (Å²) in [5, 5.41) is 43.8. The van der Waals surface area contributed by atoms with Crippen LogP contribution < -0.4 is 0 Å². The van der Waals surface area contributed by atoms with Gasteiger partial charge in [0.15, 0.2) is 23.5 Å². The van der Waals surface area contributed by atoms with E-state index < -0.39 is 0 Å². The fourth-order valence-electron chi connectivity index (χ4n) is 8.29. The maximum absolute atomic E-state index is 11.0. The molecule has 0 radical (unpaired) electrons. The van der Waals surface area contributed by atoms with Crippen LogP contribution in [0.15, 0.2) is 49.6 Å². The number of fused-ring (bicyclic) bond motifs is 10. The van der Waals surface area contributed by atoms with E-state index in [2.05, 4.69) is 37.5 Å². The van der Waals surface area contributed by atoms with Crippen molar-refractivity contribution >= 4 is 0 Å². The summed E-state index contributed by atoms with van der Waals surface area (Å²) in [7, 11) is 0. The van der Waals surface area contributed by atoms with Gasteiger partial charge in [0.2, 0.25) is 0 Å². The molecule has 9 nitrogen and oxygen atoms in total. The summed E-state index contributed by atoms with van der Waals surface area (Å²) in [6.45, 7) is 11.5. The summed E-state index contributed by atoms with van der Waals surface area (Å²) in [6.07, 6.45) is 19.2. The zero-order valence-corrected chi connectivity index (χ0v) is 26.3. The molecule has 9 heteroatoms. The van der Waals surface area contributed by atoms with Gasteiger partial charge >= 0.3 is 0 Å². The number of aromatic nitrogens is 2. The molecule has 0 saturated carbocycles. The monoisotopic (exact) mass is 620 g/mol. The molecule has 0 saturated heterocycles. The fraction of sp³-hybridized carbons (Fsp3) is 0.556. The van der Waals surface area contributed by atoms with Gasteiger partial charge < -0.3 is 34.6 Å². The molecule has 4 aliphatic carbocycles. The molecule has 0 aromatic carbocycles. The second kappa shape index (κ2) is 13.1. The molecule has 0 amide bonds. The third kappa shape index (κ3) is 5.53.